The van der Waals surface area contributed by atoms with Crippen molar-refractivity contribution < 1.29 is 19.3 Å². The van der Waals surface area contributed by atoms with Crippen molar-refractivity contribution in [2.75, 3.05) is 33.9 Å². The topological polar surface area (TPSA) is 51.2 Å². The molecule has 1 atom stereocenters. The van der Waals surface area contributed by atoms with E-state index < -0.39 is 6.10 Å². The minimum atomic E-state index is -0.562. The number of nitrogens with zero attached hydrogens (tertiary/aromatic N) is 1. The highest BCUT2D eigenvalue weighted by Gasteiger charge is 2.15. The first-order valence-corrected chi connectivity index (χ1v) is 9.81. The summed E-state index contributed by atoms with van der Waals surface area (Å²) in [5, 5.41) is 10.5. The van der Waals surface area contributed by atoms with Gasteiger partial charge < -0.3 is 19.3 Å². The molecule has 5 nitrogen and oxygen atoms in total. The molecular weight excluding hydrogens is 354 g/mol. The summed E-state index contributed by atoms with van der Waals surface area (Å²) in [6.45, 7) is 6.89. The molecule has 0 saturated heterocycles. The summed E-state index contributed by atoms with van der Waals surface area (Å²) in [7, 11) is 3.28. The van der Waals surface area contributed by atoms with Crippen LogP contribution >= 0.6 is 0 Å². The van der Waals surface area contributed by atoms with Gasteiger partial charge in [0.05, 0.1) is 14.2 Å². The van der Waals surface area contributed by atoms with E-state index in [0.29, 0.717) is 12.5 Å². The number of hydrogen-bond acceptors (Lipinski definition) is 5. The van der Waals surface area contributed by atoms with E-state index in [1.54, 1.807) is 14.2 Å². The van der Waals surface area contributed by atoms with Gasteiger partial charge in [0.2, 0.25) is 0 Å². The van der Waals surface area contributed by atoms with E-state index in [9.17, 15) is 5.11 Å². The number of rotatable bonds is 12. The Morgan fingerprint density at radius 1 is 0.964 bits per heavy atom. The molecule has 0 spiro atoms. The second-order valence-corrected chi connectivity index (χ2v) is 7.38. The van der Waals surface area contributed by atoms with Gasteiger partial charge >= 0.3 is 0 Å². The highest BCUT2D eigenvalue weighted by atomic mass is 16.5. The third-order valence-electron chi connectivity index (χ3n) is 4.53. The van der Waals surface area contributed by atoms with Gasteiger partial charge in [0.15, 0.2) is 11.5 Å². The molecule has 0 heterocycles. The summed E-state index contributed by atoms with van der Waals surface area (Å²) in [4.78, 5) is 2.26. The zero-order chi connectivity index (χ0) is 20.4. The fourth-order valence-corrected chi connectivity index (χ4v) is 2.97. The van der Waals surface area contributed by atoms with Crippen LogP contribution < -0.4 is 14.2 Å². The maximum absolute atomic E-state index is 10.5. The predicted molar refractivity (Wildman–Crippen MR) is 112 cm³/mol. The Labute approximate surface area is 168 Å². The van der Waals surface area contributed by atoms with E-state index in [-0.39, 0.29) is 6.61 Å². The van der Waals surface area contributed by atoms with E-state index in [1.807, 2.05) is 48.5 Å². The zero-order valence-corrected chi connectivity index (χ0v) is 17.4. The molecule has 0 radical (unpaired) electrons. The normalized spacial score (nSPS) is 12.2. The summed E-state index contributed by atoms with van der Waals surface area (Å²) in [6.07, 6.45) is 0.507. The molecular formula is C23H33NO4. The Morgan fingerprint density at radius 2 is 1.68 bits per heavy atom. The number of hydrogen-bond donors (Lipinski definition) is 1. The molecule has 0 amide bonds. The first kappa shape index (κ1) is 22.1. The van der Waals surface area contributed by atoms with Crippen molar-refractivity contribution in [2.24, 2.45) is 5.92 Å². The van der Waals surface area contributed by atoms with Crippen LogP contribution in [0.5, 0.6) is 17.2 Å². The monoisotopic (exact) mass is 387 g/mol. The van der Waals surface area contributed by atoms with Crippen LogP contribution in [-0.2, 0) is 6.54 Å². The minimum absolute atomic E-state index is 0.272. The highest BCUT2D eigenvalue weighted by molar-refractivity contribution is 5.42. The fourth-order valence-electron chi connectivity index (χ4n) is 2.97. The van der Waals surface area contributed by atoms with Crippen molar-refractivity contribution in [1.29, 1.82) is 0 Å². The van der Waals surface area contributed by atoms with Crippen LogP contribution in [0.15, 0.2) is 48.5 Å². The van der Waals surface area contributed by atoms with Crippen LogP contribution in [0.1, 0.15) is 25.8 Å². The highest BCUT2D eigenvalue weighted by Crippen LogP contribution is 2.28. The van der Waals surface area contributed by atoms with E-state index >= 15 is 0 Å². The summed E-state index contributed by atoms with van der Waals surface area (Å²) >= 11 is 0. The van der Waals surface area contributed by atoms with Gasteiger partial charge in [-0.2, -0.15) is 0 Å². The Bertz CT molecular complexity index is 690. The lowest BCUT2D eigenvalue weighted by Gasteiger charge is -2.26. The Balaban J connectivity index is 1.98. The quantitative estimate of drug-likeness (QED) is 0.597. The summed E-state index contributed by atoms with van der Waals surface area (Å²) in [5.41, 5.74) is 1.12. The molecule has 154 valence electrons. The third-order valence-corrected chi connectivity index (χ3v) is 4.53. The molecule has 28 heavy (non-hydrogen) atoms. The molecule has 0 bridgehead atoms. The van der Waals surface area contributed by atoms with Crippen molar-refractivity contribution in [1.82, 2.24) is 4.90 Å². The maximum Gasteiger partial charge on any atom is 0.161 e. The molecule has 2 aromatic carbocycles. The lowest BCUT2D eigenvalue weighted by Crippen LogP contribution is -2.36. The number of aliphatic hydroxyl groups excluding tert-OH is 1. The molecule has 0 aliphatic heterocycles. The van der Waals surface area contributed by atoms with E-state index in [1.165, 1.54) is 0 Å². The average Bonchev–Trinajstić information content (AvgIpc) is 2.71. The van der Waals surface area contributed by atoms with Crippen LogP contribution in [0.3, 0.4) is 0 Å². The van der Waals surface area contributed by atoms with Gasteiger partial charge in [0, 0.05) is 13.1 Å². The van der Waals surface area contributed by atoms with Crippen LogP contribution in [-0.4, -0.2) is 50.0 Å². The van der Waals surface area contributed by atoms with Gasteiger partial charge in [-0.25, -0.2) is 0 Å². The molecule has 1 N–H and O–H groups in total. The molecule has 0 aliphatic rings. The number of para-hydroxylation sites is 1. The third kappa shape index (κ3) is 7.41. The number of methoxy groups -OCH3 is 2. The smallest absolute Gasteiger partial charge is 0.161 e. The van der Waals surface area contributed by atoms with Crippen LogP contribution in [0, 0.1) is 5.92 Å². The van der Waals surface area contributed by atoms with Crippen molar-refractivity contribution in [3.63, 3.8) is 0 Å². The SMILES string of the molecule is COc1ccc(CN(CCC(C)C)C[C@H](O)COc2ccccc2)cc1OC. The Hall–Kier alpha value is -2.24. The maximum atomic E-state index is 10.5. The van der Waals surface area contributed by atoms with Gasteiger partial charge in [-0.1, -0.05) is 38.1 Å². The lowest BCUT2D eigenvalue weighted by molar-refractivity contribution is 0.0639. The van der Waals surface area contributed by atoms with E-state index in [0.717, 1.165) is 42.3 Å². The summed E-state index contributed by atoms with van der Waals surface area (Å²) < 4.78 is 16.4. The van der Waals surface area contributed by atoms with Crippen LogP contribution in [0.4, 0.5) is 0 Å². The predicted octanol–water partition coefficient (Wildman–Crippen LogP) is 3.99. The molecule has 0 aliphatic carbocycles. The molecule has 0 saturated carbocycles. The number of aliphatic hydroxyl groups is 1. The van der Waals surface area contributed by atoms with Crippen molar-refractivity contribution in [3.05, 3.63) is 54.1 Å². The minimum Gasteiger partial charge on any atom is -0.493 e. The van der Waals surface area contributed by atoms with Crippen molar-refractivity contribution >= 4 is 0 Å². The van der Waals surface area contributed by atoms with Crippen LogP contribution in [0.25, 0.3) is 0 Å². The van der Waals surface area contributed by atoms with E-state index in [4.69, 9.17) is 14.2 Å². The molecule has 0 aromatic heterocycles. The second kappa shape index (κ2) is 11.6. The molecule has 0 unspecified atom stereocenters. The first-order chi connectivity index (χ1) is 13.5. The molecule has 2 rings (SSSR count). The van der Waals surface area contributed by atoms with Gasteiger partial charge in [0.25, 0.3) is 0 Å². The fraction of sp³-hybridized carbons (Fsp3) is 0.478. The second-order valence-electron chi connectivity index (χ2n) is 7.38. The largest absolute Gasteiger partial charge is 0.493 e. The van der Waals surface area contributed by atoms with Crippen LogP contribution in [0.2, 0.25) is 0 Å². The number of ether oxygens (including phenoxy) is 3. The average molecular weight is 388 g/mol. The molecule has 0 fully saturated rings. The van der Waals surface area contributed by atoms with Gasteiger partial charge in [0.1, 0.15) is 18.5 Å². The van der Waals surface area contributed by atoms with Gasteiger partial charge in [-0.15, -0.1) is 0 Å². The van der Waals surface area contributed by atoms with E-state index in [2.05, 4.69) is 18.7 Å². The summed E-state index contributed by atoms with van der Waals surface area (Å²) in [6, 6.07) is 15.5. The molecule has 2 aromatic rings. The first-order valence-electron chi connectivity index (χ1n) is 9.81. The summed E-state index contributed by atoms with van der Waals surface area (Å²) in [5.74, 6) is 2.81. The standard InChI is InChI=1S/C23H33NO4/c1-18(2)12-13-24(15-19-10-11-22(26-3)23(14-19)27-4)16-20(25)17-28-21-8-6-5-7-9-21/h5-11,14,18,20,25H,12-13,15-17H2,1-4H3/t20-/m0/s1. The van der Waals surface area contributed by atoms with Gasteiger partial charge in [-0.3, -0.25) is 4.90 Å². The Morgan fingerprint density at radius 3 is 2.32 bits per heavy atom. The zero-order valence-electron chi connectivity index (χ0n) is 17.4. The Kier molecular flexibility index (Phi) is 9.11. The van der Waals surface area contributed by atoms with Crippen molar-refractivity contribution in [2.45, 2.75) is 32.9 Å². The van der Waals surface area contributed by atoms with Gasteiger partial charge in [-0.05, 0) is 48.7 Å². The lowest BCUT2D eigenvalue weighted by atomic mass is 10.1. The van der Waals surface area contributed by atoms with Crippen molar-refractivity contribution in [3.8, 4) is 17.2 Å². The number of benzene rings is 2. The molecule has 5 heteroatoms.